The van der Waals surface area contributed by atoms with E-state index in [1.54, 1.807) is 18.0 Å². The zero-order valence-electron chi connectivity index (χ0n) is 10.4. The molecule has 0 fully saturated rings. The second-order valence-corrected chi connectivity index (χ2v) is 5.27. The molecule has 1 heterocycles. The molecule has 0 aliphatic heterocycles. The highest BCUT2D eigenvalue weighted by atomic mass is 35.5. The Morgan fingerprint density at radius 2 is 2.00 bits per heavy atom. The summed E-state index contributed by atoms with van der Waals surface area (Å²) in [7, 11) is 0. The van der Waals surface area contributed by atoms with Gasteiger partial charge in [-0.3, -0.25) is 0 Å². The van der Waals surface area contributed by atoms with E-state index in [2.05, 4.69) is 40.8 Å². The molecule has 1 N–H and O–H groups in total. The SMILES string of the molecule is CSc1ccc(CNc2cnc(Cl)c(C)c2)cc1. The number of rotatable bonds is 4. The highest BCUT2D eigenvalue weighted by molar-refractivity contribution is 7.98. The molecule has 1 aromatic heterocycles. The van der Waals surface area contributed by atoms with Gasteiger partial charge in [-0.05, 0) is 42.5 Å². The van der Waals surface area contributed by atoms with Crippen LogP contribution >= 0.6 is 23.4 Å². The first kappa shape index (κ1) is 13.2. The predicted octanol–water partition coefficient (Wildman–Crippen LogP) is 4.38. The predicted molar refractivity (Wildman–Crippen MR) is 79.5 cm³/mol. The summed E-state index contributed by atoms with van der Waals surface area (Å²) in [6, 6.07) is 10.5. The van der Waals surface area contributed by atoms with Crippen molar-refractivity contribution < 1.29 is 0 Å². The van der Waals surface area contributed by atoms with Gasteiger partial charge in [-0.15, -0.1) is 11.8 Å². The second kappa shape index (κ2) is 6.12. The number of nitrogens with zero attached hydrogens (tertiary/aromatic N) is 1. The Bertz CT molecular complexity index is 526. The third kappa shape index (κ3) is 3.40. The summed E-state index contributed by atoms with van der Waals surface area (Å²) in [5.41, 5.74) is 3.23. The lowest BCUT2D eigenvalue weighted by Gasteiger charge is -2.08. The van der Waals surface area contributed by atoms with E-state index in [4.69, 9.17) is 11.6 Å². The minimum atomic E-state index is 0.560. The molecule has 0 amide bonds. The Morgan fingerprint density at radius 1 is 1.28 bits per heavy atom. The lowest BCUT2D eigenvalue weighted by atomic mass is 10.2. The van der Waals surface area contributed by atoms with Crippen molar-refractivity contribution in [1.82, 2.24) is 4.98 Å². The van der Waals surface area contributed by atoms with Crippen molar-refractivity contribution in [1.29, 1.82) is 0 Å². The Kier molecular flexibility index (Phi) is 4.50. The van der Waals surface area contributed by atoms with Gasteiger partial charge in [0.1, 0.15) is 5.15 Å². The summed E-state index contributed by atoms with van der Waals surface area (Å²) < 4.78 is 0. The molecule has 0 radical (unpaired) electrons. The van der Waals surface area contributed by atoms with Gasteiger partial charge in [0, 0.05) is 11.4 Å². The van der Waals surface area contributed by atoms with E-state index in [0.717, 1.165) is 17.8 Å². The first-order valence-corrected chi connectivity index (χ1v) is 7.28. The lowest BCUT2D eigenvalue weighted by Crippen LogP contribution is -2.00. The van der Waals surface area contributed by atoms with Gasteiger partial charge >= 0.3 is 0 Å². The van der Waals surface area contributed by atoms with Gasteiger partial charge in [0.25, 0.3) is 0 Å². The van der Waals surface area contributed by atoms with Crippen molar-refractivity contribution in [2.45, 2.75) is 18.4 Å². The number of thioether (sulfide) groups is 1. The van der Waals surface area contributed by atoms with Gasteiger partial charge in [-0.25, -0.2) is 4.98 Å². The highest BCUT2D eigenvalue weighted by Gasteiger charge is 1.99. The normalized spacial score (nSPS) is 10.4. The molecule has 0 spiro atoms. The minimum absolute atomic E-state index is 0.560. The van der Waals surface area contributed by atoms with Crippen molar-refractivity contribution >= 4 is 29.1 Å². The van der Waals surface area contributed by atoms with E-state index in [0.29, 0.717) is 5.15 Å². The number of nitrogens with one attached hydrogen (secondary N) is 1. The molecule has 0 saturated heterocycles. The van der Waals surface area contributed by atoms with E-state index in [-0.39, 0.29) is 0 Å². The molecule has 0 unspecified atom stereocenters. The molecule has 18 heavy (non-hydrogen) atoms. The van der Waals surface area contributed by atoms with Crippen LogP contribution in [0, 0.1) is 6.92 Å². The van der Waals surface area contributed by atoms with Crippen LogP contribution in [0.1, 0.15) is 11.1 Å². The summed E-state index contributed by atoms with van der Waals surface area (Å²) in [6.45, 7) is 2.74. The summed E-state index contributed by atoms with van der Waals surface area (Å²) in [5.74, 6) is 0. The van der Waals surface area contributed by atoms with Crippen LogP contribution in [0.2, 0.25) is 5.15 Å². The summed E-state index contributed by atoms with van der Waals surface area (Å²) in [4.78, 5) is 5.40. The van der Waals surface area contributed by atoms with Gasteiger partial charge in [-0.2, -0.15) is 0 Å². The van der Waals surface area contributed by atoms with Crippen LogP contribution < -0.4 is 5.32 Å². The quantitative estimate of drug-likeness (QED) is 0.664. The average molecular weight is 279 g/mol. The molecule has 0 aliphatic rings. The van der Waals surface area contributed by atoms with Gasteiger partial charge in [0.15, 0.2) is 0 Å². The number of hydrogen-bond acceptors (Lipinski definition) is 3. The molecule has 2 rings (SSSR count). The Morgan fingerprint density at radius 3 is 2.61 bits per heavy atom. The second-order valence-electron chi connectivity index (χ2n) is 4.03. The molecule has 0 bridgehead atoms. The number of anilines is 1. The van der Waals surface area contributed by atoms with Crippen LogP contribution in [0.4, 0.5) is 5.69 Å². The van der Waals surface area contributed by atoms with Crippen molar-refractivity contribution in [2.75, 3.05) is 11.6 Å². The van der Waals surface area contributed by atoms with E-state index in [9.17, 15) is 0 Å². The fraction of sp³-hybridized carbons (Fsp3) is 0.214. The molecule has 4 heteroatoms. The standard InChI is InChI=1S/C14H15ClN2S/c1-10-7-12(9-17-14(10)15)16-8-11-3-5-13(18-2)6-4-11/h3-7,9,16H,8H2,1-2H3. The zero-order chi connectivity index (χ0) is 13.0. The third-order valence-corrected chi connectivity index (χ3v) is 3.81. The van der Waals surface area contributed by atoms with Gasteiger partial charge < -0.3 is 5.32 Å². The first-order chi connectivity index (χ1) is 8.69. The minimum Gasteiger partial charge on any atom is -0.380 e. The maximum Gasteiger partial charge on any atom is 0.132 e. The Balaban J connectivity index is 1.99. The van der Waals surface area contributed by atoms with Crippen LogP contribution in [-0.4, -0.2) is 11.2 Å². The molecule has 2 nitrogen and oxygen atoms in total. The first-order valence-electron chi connectivity index (χ1n) is 5.68. The fourth-order valence-electron chi connectivity index (χ4n) is 1.60. The van der Waals surface area contributed by atoms with E-state index in [1.807, 2.05) is 13.0 Å². The fourth-order valence-corrected chi connectivity index (χ4v) is 2.11. The zero-order valence-corrected chi connectivity index (χ0v) is 12.0. The van der Waals surface area contributed by atoms with Gasteiger partial charge in [-0.1, -0.05) is 23.7 Å². The molecule has 2 aromatic rings. The number of benzene rings is 1. The van der Waals surface area contributed by atoms with E-state index >= 15 is 0 Å². The molecule has 0 atom stereocenters. The maximum atomic E-state index is 5.89. The van der Waals surface area contributed by atoms with E-state index in [1.165, 1.54) is 10.5 Å². The summed E-state index contributed by atoms with van der Waals surface area (Å²) in [6.07, 6.45) is 3.83. The van der Waals surface area contributed by atoms with Crippen molar-refractivity contribution in [2.24, 2.45) is 0 Å². The number of aryl methyl sites for hydroxylation is 1. The maximum absolute atomic E-state index is 5.89. The largest absolute Gasteiger partial charge is 0.380 e. The molecule has 94 valence electrons. The smallest absolute Gasteiger partial charge is 0.132 e. The summed E-state index contributed by atoms with van der Waals surface area (Å²) in [5, 5.41) is 3.90. The van der Waals surface area contributed by atoms with Gasteiger partial charge in [0.2, 0.25) is 0 Å². The number of hydrogen-bond donors (Lipinski definition) is 1. The lowest BCUT2D eigenvalue weighted by molar-refractivity contribution is 1.12. The van der Waals surface area contributed by atoms with Gasteiger partial charge in [0.05, 0.1) is 11.9 Å². The van der Waals surface area contributed by atoms with Crippen LogP contribution in [0.25, 0.3) is 0 Å². The van der Waals surface area contributed by atoms with Crippen LogP contribution in [0.5, 0.6) is 0 Å². The van der Waals surface area contributed by atoms with Crippen LogP contribution in [-0.2, 0) is 6.54 Å². The van der Waals surface area contributed by atoms with Crippen LogP contribution in [0.15, 0.2) is 41.4 Å². The monoisotopic (exact) mass is 278 g/mol. The van der Waals surface area contributed by atoms with Crippen LogP contribution in [0.3, 0.4) is 0 Å². The third-order valence-electron chi connectivity index (χ3n) is 2.67. The van der Waals surface area contributed by atoms with Crippen molar-refractivity contribution in [3.63, 3.8) is 0 Å². The molecule has 1 aromatic carbocycles. The molecule has 0 saturated carbocycles. The number of aromatic nitrogens is 1. The average Bonchev–Trinajstić information content (AvgIpc) is 2.41. The molecular formula is C14H15ClN2S. The van der Waals surface area contributed by atoms with Crippen molar-refractivity contribution in [3.05, 3.63) is 52.8 Å². The molecular weight excluding hydrogens is 264 g/mol. The highest BCUT2D eigenvalue weighted by Crippen LogP contribution is 2.18. The topological polar surface area (TPSA) is 24.9 Å². The van der Waals surface area contributed by atoms with Crippen molar-refractivity contribution in [3.8, 4) is 0 Å². The number of halogens is 1. The summed E-state index contributed by atoms with van der Waals surface area (Å²) >= 11 is 7.64. The van der Waals surface area contributed by atoms with E-state index < -0.39 is 0 Å². The molecule has 0 aliphatic carbocycles. The number of pyridine rings is 1. The Labute approximate surface area is 117 Å². The Hall–Kier alpha value is -1.19.